The molecular formula is C24H24Cl2N2O5. The first-order valence-corrected chi connectivity index (χ1v) is 11.2. The fraction of sp³-hybridized carbons (Fsp3) is 0.292. The van der Waals surface area contributed by atoms with E-state index in [0.717, 1.165) is 0 Å². The largest absolute Gasteiger partial charge is 0.487 e. The van der Waals surface area contributed by atoms with E-state index >= 15 is 0 Å². The normalized spacial score (nSPS) is 15.8. The molecule has 0 bridgehead atoms. The predicted octanol–water partition coefficient (Wildman–Crippen LogP) is 5.18. The molecule has 174 valence electrons. The van der Waals surface area contributed by atoms with Crippen LogP contribution >= 0.6 is 23.2 Å². The summed E-state index contributed by atoms with van der Waals surface area (Å²) in [5.41, 5.74) is 1.77. The van der Waals surface area contributed by atoms with E-state index in [2.05, 4.69) is 5.32 Å². The average Bonchev–Trinajstić information content (AvgIpc) is 2.79. The number of esters is 1. The van der Waals surface area contributed by atoms with Gasteiger partial charge in [-0.1, -0.05) is 29.3 Å². The number of nitrogens with one attached hydrogen (secondary N) is 1. The summed E-state index contributed by atoms with van der Waals surface area (Å²) in [7, 11) is 0. The monoisotopic (exact) mass is 490 g/mol. The van der Waals surface area contributed by atoms with Gasteiger partial charge in [0.05, 0.1) is 34.0 Å². The second-order valence-electron chi connectivity index (χ2n) is 7.25. The molecule has 0 aromatic heterocycles. The summed E-state index contributed by atoms with van der Waals surface area (Å²) in [5.74, 6) is -0.138. The standard InChI is InChI=1S/C24H24Cl2N2O5/c1-4-28-20(13-33-17-9-6-15(7-10-17)14(3)29)21(23(30)32-5-2)22(27-24(28)31)16-8-11-18(25)19(26)12-16/h6-12,22H,4-5,13H2,1-3H3,(H,27,31). The van der Waals surface area contributed by atoms with Crippen LogP contribution in [0.1, 0.15) is 42.7 Å². The lowest BCUT2D eigenvalue weighted by molar-refractivity contribution is -0.139. The maximum atomic E-state index is 13.0. The molecule has 2 amide bonds. The zero-order valence-electron chi connectivity index (χ0n) is 18.5. The lowest BCUT2D eigenvalue weighted by Gasteiger charge is -2.36. The Balaban J connectivity index is 2.04. The quantitative estimate of drug-likeness (QED) is 0.407. The van der Waals surface area contributed by atoms with Crippen molar-refractivity contribution in [2.24, 2.45) is 0 Å². The topological polar surface area (TPSA) is 84.9 Å². The van der Waals surface area contributed by atoms with E-state index in [-0.39, 0.29) is 30.6 Å². The van der Waals surface area contributed by atoms with E-state index < -0.39 is 12.0 Å². The molecule has 33 heavy (non-hydrogen) atoms. The van der Waals surface area contributed by atoms with Crippen LogP contribution in [0.25, 0.3) is 0 Å². The van der Waals surface area contributed by atoms with E-state index in [1.165, 1.54) is 11.8 Å². The highest BCUT2D eigenvalue weighted by atomic mass is 35.5. The van der Waals surface area contributed by atoms with Crippen molar-refractivity contribution in [2.45, 2.75) is 26.8 Å². The van der Waals surface area contributed by atoms with Crippen LogP contribution in [-0.4, -0.2) is 42.4 Å². The van der Waals surface area contributed by atoms with Gasteiger partial charge in [-0.05, 0) is 62.7 Å². The SMILES string of the molecule is CCOC(=O)C1=C(COc2ccc(C(C)=O)cc2)N(CC)C(=O)NC1c1ccc(Cl)c(Cl)c1. The van der Waals surface area contributed by atoms with Crippen LogP contribution in [0.4, 0.5) is 4.79 Å². The van der Waals surface area contributed by atoms with Crippen molar-refractivity contribution in [1.29, 1.82) is 0 Å². The number of carbonyl (C=O) groups is 3. The van der Waals surface area contributed by atoms with Crippen LogP contribution in [0.2, 0.25) is 10.0 Å². The number of ketones is 1. The molecule has 2 aromatic rings. The summed E-state index contributed by atoms with van der Waals surface area (Å²) in [6, 6.07) is 10.4. The minimum atomic E-state index is -0.798. The van der Waals surface area contributed by atoms with Gasteiger partial charge in [-0.25, -0.2) is 9.59 Å². The molecule has 1 unspecified atom stereocenters. The molecule has 1 aliphatic rings. The number of urea groups is 1. The molecule has 0 saturated heterocycles. The Morgan fingerprint density at radius 3 is 2.33 bits per heavy atom. The zero-order valence-corrected chi connectivity index (χ0v) is 20.0. The summed E-state index contributed by atoms with van der Waals surface area (Å²) < 4.78 is 11.2. The van der Waals surface area contributed by atoms with Gasteiger partial charge in [-0.3, -0.25) is 9.69 Å². The number of carbonyl (C=O) groups excluding carboxylic acids is 3. The van der Waals surface area contributed by atoms with Crippen LogP contribution in [0.5, 0.6) is 5.75 Å². The van der Waals surface area contributed by atoms with E-state index in [1.54, 1.807) is 56.3 Å². The van der Waals surface area contributed by atoms with Gasteiger partial charge in [-0.2, -0.15) is 0 Å². The number of hydrogen-bond donors (Lipinski definition) is 1. The van der Waals surface area contributed by atoms with Crippen molar-refractivity contribution in [2.75, 3.05) is 19.8 Å². The predicted molar refractivity (Wildman–Crippen MR) is 126 cm³/mol. The molecule has 1 N–H and O–H groups in total. The molecule has 1 aliphatic heterocycles. The number of rotatable bonds is 8. The van der Waals surface area contributed by atoms with Crippen molar-refractivity contribution in [1.82, 2.24) is 10.2 Å². The smallest absolute Gasteiger partial charge is 0.338 e. The fourth-order valence-electron chi connectivity index (χ4n) is 3.52. The van der Waals surface area contributed by atoms with E-state index in [9.17, 15) is 14.4 Å². The Labute approximate surface area is 202 Å². The van der Waals surface area contributed by atoms with E-state index in [1.807, 2.05) is 0 Å². The molecule has 9 heteroatoms. The van der Waals surface area contributed by atoms with Crippen molar-refractivity contribution < 1.29 is 23.9 Å². The second-order valence-corrected chi connectivity index (χ2v) is 8.06. The Kier molecular flexibility index (Phi) is 8.00. The number of likely N-dealkylation sites (N-methyl/N-ethyl adjacent to an activating group) is 1. The lowest BCUT2D eigenvalue weighted by atomic mass is 9.94. The van der Waals surface area contributed by atoms with Crippen molar-refractivity contribution in [3.63, 3.8) is 0 Å². The highest BCUT2D eigenvalue weighted by Crippen LogP contribution is 2.34. The van der Waals surface area contributed by atoms with Gasteiger partial charge in [0.15, 0.2) is 5.78 Å². The number of nitrogens with zero attached hydrogens (tertiary/aromatic N) is 1. The van der Waals surface area contributed by atoms with Gasteiger partial charge < -0.3 is 14.8 Å². The van der Waals surface area contributed by atoms with Crippen LogP contribution in [0.15, 0.2) is 53.7 Å². The first-order chi connectivity index (χ1) is 15.8. The Hall–Kier alpha value is -3.03. The number of ether oxygens (including phenoxy) is 2. The van der Waals surface area contributed by atoms with E-state index in [0.29, 0.717) is 39.2 Å². The third-order valence-electron chi connectivity index (χ3n) is 5.16. The van der Waals surface area contributed by atoms with Crippen molar-refractivity contribution in [3.8, 4) is 5.75 Å². The van der Waals surface area contributed by atoms with Crippen LogP contribution < -0.4 is 10.1 Å². The summed E-state index contributed by atoms with van der Waals surface area (Å²) in [4.78, 5) is 38.9. The maximum absolute atomic E-state index is 13.0. The molecule has 0 spiro atoms. The van der Waals surface area contributed by atoms with Gasteiger partial charge in [0.25, 0.3) is 0 Å². The fourth-order valence-corrected chi connectivity index (χ4v) is 3.83. The molecule has 0 saturated carbocycles. The number of hydrogen-bond acceptors (Lipinski definition) is 5. The molecule has 3 rings (SSSR count). The number of halogens is 2. The second kappa shape index (κ2) is 10.7. The van der Waals surface area contributed by atoms with Crippen LogP contribution in [0, 0.1) is 0 Å². The van der Waals surface area contributed by atoms with E-state index in [4.69, 9.17) is 32.7 Å². The Morgan fingerprint density at radius 1 is 1.06 bits per heavy atom. The first-order valence-electron chi connectivity index (χ1n) is 10.4. The molecular weight excluding hydrogens is 467 g/mol. The van der Waals surface area contributed by atoms with Gasteiger partial charge in [0, 0.05) is 12.1 Å². The maximum Gasteiger partial charge on any atom is 0.338 e. The van der Waals surface area contributed by atoms with Gasteiger partial charge in [0.2, 0.25) is 0 Å². The lowest BCUT2D eigenvalue weighted by Crippen LogP contribution is -2.49. The summed E-state index contributed by atoms with van der Waals surface area (Å²) in [6.07, 6.45) is 0. The number of Topliss-reactive ketones (excluding diaryl/α,β-unsaturated/α-hetero) is 1. The summed E-state index contributed by atoms with van der Waals surface area (Å²) in [5, 5.41) is 3.51. The minimum absolute atomic E-state index is 0.0561. The Morgan fingerprint density at radius 2 is 1.76 bits per heavy atom. The van der Waals surface area contributed by atoms with Gasteiger partial charge >= 0.3 is 12.0 Å². The molecule has 1 atom stereocenters. The van der Waals surface area contributed by atoms with Crippen LogP contribution in [0.3, 0.4) is 0 Å². The van der Waals surface area contributed by atoms with Crippen LogP contribution in [-0.2, 0) is 9.53 Å². The third-order valence-corrected chi connectivity index (χ3v) is 5.90. The molecule has 0 aliphatic carbocycles. The minimum Gasteiger partial charge on any atom is -0.487 e. The number of amides is 2. The van der Waals surface area contributed by atoms with Gasteiger partial charge in [-0.15, -0.1) is 0 Å². The zero-order chi connectivity index (χ0) is 24.1. The molecule has 2 aromatic carbocycles. The molecule has 1 heterocycles. The van der Waals surface area contributed by atoms with Crippen molar-refractivity contribution in [3.05, 3.63) is 74.9 Å². The molecule has 7 nitrogen and oxygen atoms in total. The van der Waals surface area contributed by atoms with Crippen molar-refractivity contribution >= 4 is 41.0 Å². The van der Waals surface area contributed by atoms with Gasteiger partial charge in [0.1, 0.15) is 12.4 Å². The Bertz CT molecular complexity index is 1100. The number of benzene rings is 2. The highest BCUT2D eigenvalue weighted by Gasteiger charge is 2.38. The molecule has 0 fully saturated rings. The molecule has 0 radical (unpaired) electrons. The third kappa shape index (κ3) is 5.49. The summed E-state index contributed by atoms with van der Waals surface area (Å²) in [6.45, 7) is 5.39. The first kappa shape index (κ1) is 24.6. The average molecular weight is 491 g/mol. The summed E-state index contributed by atoms with van der Waals surface area (Å²) >= 11 is 12.2. The highest BCUT2D eigenvalue weighted by molar-refractivity contribution is 6.42.